The molecular weight excluding hydrogens is 476 g/mol. The molecule has 1 saturated heterocycles. The zero-order valence-electron chi connectivity index (χ0n) is 20.3. The summed E-state index contributed by atoms with van der Waals surface area (Å²) in [7, 11) is -3.28. The Morgan fingerprint density at radius 3 is 2.33 bits per heavy atom. The topological polar surface area (TPSA) is 94.4 Å². The number of hydrogen-bond donors (Lipinski definition) is 0. The molecule has 3 aromatic rings. The quantitative estimate of drug-likeness (QED) is 0.498. The van der Waals surface area contributed by atoms with Gasteiger partial charge in [-0.05, 0) is 61.6 Å². The van der Waals surface area contributed by atoms with Crippen LogP contribution in [0.2, 0.25) is 0 Å². The molecule has 0 atom stereocenters. The second-order valence-corrected chi connectivity index (χ2v) is 11.4. The number of anilines is 1. The molecule has 5 rings (SSSR count). The van der Waals surface area contributed by atoms with Gasteiger partial charge in [-0.25, -0.2) is 18.4 Å². The van der Waals surface area contributed by atoms with Crippen molar-refractivity contribution < 1.29 is 13.2 Å². The smallest absolute Gasteiger partial charge is 0.258 e. The largest absolute Gasteiger partial charge is 0.490 e. The van der Waals surface area contributed by atoms with E-state index in [1.165, 1.54) is 41.2 Å². The van der Waals surface area contributed by atoms with Gasteiger partial charge >= 0.3 is 0 Å². The molecule has 1 fully saturated rings. The Morgan fingerprint density at radius 1 is 1.00 bits per heavy atom. The van der Waals surface area contributed by atoms with Crippen molar-refractivity contribution in [3.8, 4) is 11.4 Å². The zero-order chi connectivity index (χ0) is 25.1. The van der Waals surface area contributed by atoms with Gasteiger partial charge in [0.15, 0.2) is 9.84 Å². The van der Waals surface area contributed by atoms with Gasteiger partial charge in [0.1, 0.15) is 11.9 Å². The number of pyridine rings is 1. The van der Waals surface area contributed by atoms with Gasteiger partial charge in [-0.15, -0.1) is 0 Å². The van der Waals surface area contributed by atoms with Gasteiger partial charge in [-0.3, -0.25) is 9.36 Å². The molecule has 0 spiro atoms. The SMILES string of the molecule is CS(=O)(=O)c1ccc(-n2ccc(OC3CCN(c4ncc(C5=CCCCC5)cn4)CC3)cc2=O)cc1. The van der Waals surface area contributed by atoms with E-state index in [0.717, 1.165) is 56.5 Å². The fourth-order valence-corrected chi connectivity index (χ4v) is 5.35. The molecule has 9 heteroatoms. The number of ether oxygens (including phenoxy) is 1. The van der Waals surface area contributed by atoms with Gasteiger partial charge < -0.3 is 9.64 Å². The maximum absolute atomic E-state index is 12.7. The highest BCUT2D eigenvalue weighted by Crippen LogP contribution is 2.27. The molecule has 1 aromatic carbocycles. The van der Waals surface area contributed by atoms with Crippen LogP contribution in [0.1, 0.15) is 44.1 Å². The van der Waals surface area contributed by atoms with Crippen molar-refractivity contribution in [1.82, 2.24) is 14.5 Å². The molecule has 2 aromatic heterocycles. The Morgan fingerprint density at radius 2 is 1.72 bits per heavy atom. The normalized spacial score (nSPS) is 17.0. The molecule has 0 saturated carbocycles. The third-order valence-electron chi connectivity index (χ3n) is 6.76. The van der Waals surface area contributed by atoms with E-state index < -0.39 is 9.84 Å². The summed E-state index contributed by atoms with van der Waals surface area (Å²) < 4.78 is 30.9. The predicted octanol–water partition coefficient (Wildman–Crippen LogP) is 4.04. The molecule has 1 aliphatic heterocycles. The fraction of sp³-hybridized carbons (Fsp3) is 0.370. The van der Waals surface area contributed by atoms with Crippen molar-refractivity contribution in [1.29, 1.82) is 0 Å². The van der Waals surface area contributed by atoms with Crippen LogP contribution in [-0.4, -0.2) is 48.4 Å². The molecule has 2 aliphatic rings. The summed E-state index contributed by atoms with van der Waals surface area (Å²) in [4.78, 5) is 24.3. The number of aromatic nitrogens is 3. The van der Waals surface area contributed by atoms with Crippen LogP contribution in [0.15, 0.2) is 70.8 Å². The minimum Gasteiger partial charge on any atom is -0.490 e. The number of hydrogen-bond acceptors (Lipinski definition) is 7. The lowest BCUT2D eigenvalue weighted by atomic mass is 9.95. The monoisotopic (exact) mass is 506 g/mol. The van der Waals surface area contributed by atoms with E-state index in [1.54, 1.807) is 24.4 Å². The maximum Gasteiger partial charge on any atom is 0.258 e. The average Bonchev–Trinajstić information content (AvgIpc) is 2.89. The molecule has 36 heavy (non-hydrogen) atoms. The zero-order valence-corrected chi connectivity index (χ0v) is 21.2. The summed E-state index contributed by atoms with van der Waals surface area (Å²) in [5, 5.41) is 0. The Kier molecular flexibility index (Phi) is 6.91. The minimum atomic E-state index is -3.28. The summed E-state index contributed by atoms with van der Waals surface area (Å²) in [6.45, 7) is 1.58. The first-order valence-corrected chi connectivity index (χ1v) is 14.2. The number of rotatable bonds is 6. The molecule has 0 amide bonds. The molecule has 1 aliphatic carbocycles. The second kappa shape index (κ2) is 10.3. The Labute approximate surface area is 211 Å². The van der Waals surface area contributed by atoms with Crippen LogP contribution < -0.4 is 15.2 Å². The summed E-state index contributed by atoms with van der Waals surface area (Å²) in [5.41, 5.74) is 2.84. The van der Waals surface area contributed by atoms with E-state index >= 15 is 0 Å². The van der Waals surface area contributed by atoms with Crippen molar-refractivity contribution in [3.05, 3.63) is 77.0 Å². The second-order valence-electron chi connectivity index (χ2n) is 9.39. The number of sulfone groups is 1. The van der Waals surface area contributed by atoms with Crippen molar-refractivity contribution in [2.24, 2.45) is 0 Å². The third kappa shape index (κ3) is 5.51. The highest BCUT2D eigenvalue weighted by Gasteiger charge is 2.23. The number of nitrogens with zero attached hydrogens (tertiary/aromatic N) is 4. The van der Waals surface area contributed by atoms with Gasteiger partial charge in [0.25, 0.3) is 5.56 Å². The molecule has 0 radical (unpaired) electrons. The minimum absolute atomic E-state index is 0.0113. The third-order valence-corrected chi connectivity index (χ3v) is 7.89. The molecular formula is C27H30N4O4S. The Balaban J connectivity index is 1.18. The van der Waals surface area contributed by atoms with Crippen LogP contribution in [0.25, 0.3) is 11.3 Å². The van der Waals surface area contributed by atoms with Crippen molar-refractivity contribution >= 4 is 21.4 Å². The summed E-state index contributed by atoms with van der Waals surface area (Å²) >= 11 is 0. The molecule has 3 heterocycles. The predicted molar refractivity (Wildman–Crippen MR) is 139 cm³/mol. The first-order chi connectivity index (χ1) is 17.4. The van der Waals surface area contributed by atoms with E-state index in [2.05, 4.69) is 20.9 Å². The molecule has 8 nitrogen and oxygen atoms in total. The highest BCUT2D eigenvalue weighted by molar-refractivity contribution is 7.90. The number of piperidine rings is 1. The van der Waals surface area contributed by atoms with Crippen LogP contribution in [0.4, 0.5) is 5.95 Å². The lowest BCUT2D eigenvalue weighted by Gasteiger charge is -2.32. The van der Waals surface area contributed by atoms with Gasteiger partial charge in [-0.2, -0.15) is 0 Å². The van der Waals surface area contributed by atoms with Gasteiger partial charge in [0.05, 0.1) is 4.90 Å². The van der Waals surface area contributed by atoms with Crippen molar-refractivity contribution in [2.75, 3.05) is 24.2 Å². The van der Waals surface area contributed by atoms with Gasteiger partial charge in [-0.1, -0.05) is 6.08 Å². The van der Waals surface area contributed by atoms with Crippen molar-refractivity contribution in [2.45, 2.75) is 49.5 Å². The van der Waals surface area contributed by atoms with E-state index in [4.69, 9.17) is 4.74 Å². The highest BCUT2D eigenvalue weighted by atomic mass is 32.2. The van der Waals surface area contributed by atoms with Gasteiger partial charge in [0, 0.05) is 68.1 Å². The van der Waals surface area contributed by atoms with Gasteiger partial charge in [0.2, 0.25) is 5.95 Å². The van der Waals surface area contributed by atoms with Crippen LogP contribution in [0.3, 0.4) is 0 Å². The fourth-order valence-electron chi connectivity index (χ4n) is 4.72. The van der Waals surface area contributed by atoms with E-state index in [0.29, 0.717) is 11.4 Å². The Hall–Kier alpha value is -3.46. The first kappa shape index (κ1) is 24.2. The van der Waals surface area contributed by atoms with Crippen LogP contribution in [0, 0.1) is 0 Å². The maximum atomic E-state index is 12.7. The van der Waals surface area contributed by atoms with Crippen LogP contribution >= 0.6 is 0 Å². The molecule has 0 unspecified atom stereocenters. The van der Waals surface area contributed by atoms with E-state index in [1.807, 2.05) is 12.4 Å². The lowest BCUT2D eigenvalue weighted by Crippen LogP contribution is -2.39. The summed E-state index contributed by atoms with van der Waals surface area (Å²) in [6.07, 6.45) is 15.4. The molecule has 0 N–H and O–H groups in total. The van der Waals surface area contributed by atoms with Crippen LogP contribution in [-0.2, 0) is 9.84 Å². The molecule has 0 bridgehead atoms. The van der Waals surface area contributed by atoms with Crippen molar-refractivity contribution in [3.63, 3.8) is 0 Å². The Bertz CT molecular complexity index is 1410. The lowest BCUT2D eigenvalue weighted by molar-refractivity contribution is 0.170. The van der Waals surface area contributed by atoms with Crippen LogP contribution in [0.5, 0.6) is 5.75 Å². The first-order valence-electron chi connectivity index (χ1n) is 12.3. The van der Waals surface area contributed by atoms with E-state index in [9.17, 15) is 13.2 Å². The average molecular weight is 507 g/mol. The number of benzene rings is 1. The van der Waals surface area contributed by atoms with E-state index in [-0.39, 0.29) is 16.6 Å². The summed E-state index contributed by atoms with van der Waals surface area (Å²) in [6, 6.07) is 9.47. The summed E-state index contributed by atoms with van der Waals surface area (Å²) in [5.74, 6) is 1.28. The number of allylic oxidation sites excluding steroid dienone is 2. The molecule has 188 valence electrons. The standard InChI is InChI=1S/C27H30N4O4S/c1-36(33,34)25-9-7-22(8-10-25)31-16-13-24(17-26(31)32)35-23-11-14-30(15-12-23)27-28-18-21(19-29-27)20-5-3-2-4-6-20/h5,7-10,13,16-19,23H,2-4,6,11-12,14-15H2,1H3.